The Morgan fingerprint density at radius 3 is 2.97 bits per heavy atom. The molecule has 1 fully saturated rings. The second kappa shape index (κ2) is 7.79. The fourth-order valence-electron chi connectivity index (χ4n) is 3.75. The summed E-state index contributed by atoms with van der Waals surface area (Å²) in [5.74, 6) is -0.534. The number of nitrogens with zero attached hydrogens (tertiary/aromatic N) is 5. The van der Waals surface area contributed by atoms with Crippen molar-refractivity contribution in [2.24, 2.45) is 0 Å². The monoisotopic (exact) mass is 423 g/mol. The summed E-state index contributed by atoms with van der Waals surface area (Å²) in [4.78, 5) is 21.8. The summed E-state index contributed by atoms with van der Waals surface area (Å²) in [5.41, 5.74) is 1.63. The van der Waals surface area contributed by atoms with E-state index in [1.807, 2.05) is 0 Å². The van der Waals surface area contributed by atoms with E-state index in [1.165, 1.54) is 28.2 Å². The van der Waals surface area contributed by atoms with Crippen LogP contribution < -0.4 is 10.6 Å². The van der Waals surface area contributed by atoms with Crippen molar-refractivity contribution in [2.45, 2.75) is 31.3 Å². The van der Waals surface area contributed by atoms with Crippen LogP contribution in [-0.2, 0) is 0 Å². The Hall–Kier alpha value is -3.40. The van der Waals surface area contributed by atoms with Crippen LogP contribution in [0.15, 0.2) is 48.9 Å². The maximum atomic E-state index is 13.4. The van der Waals surface area contributed by atoms with Gasteiger partial charge in [0.1, 0.15) is 5.82 Å². The van der Waals surface area contributed by atoms with Crippen LogP contribution in [0.4, 0.5) is 9.52 Å². The highest BCUT2D eigenvalue weighted by atomic mass is 32.1. The van der Waals surface area contributed by atoms with E-state index in [9.17, 15) is 9.18 Å². The molecule has 152 valence electrons. The lowest BCUT2D eigenvalue weighted by Crippen LogP contribution is -2.43. The summed E-state index contributed by atoms with van der Waals surface area (Å²) in [7, 11) is 0. The summed E-state index contributed by atoms with van der Waals surface area (Å²) >= 11 is 1.41. The summed E-state index contributed by atoms with van der Waals surface area (Å²) < 4.78 is 15.8. The molecule has 1 aliphatic rings. The molecule has 1 amide bonds. The molecular formula is C20H18FN7OS. The first-order valence-electron chi connectivity index (χ1n) is 9.62. The van der Waals surface area contributed by atoms with Crippen molar-refractivity contribution in [3.8, 4) is 5.69 Å². The van der Waals surface area contributed by atoms with Gasteiger partial charge in [-0.3, -0.25) is 4.79 Å². The second-order valence-electron chi connectivity index (χ2n) is 7.11. The zero-order chi connectivity index (χ0) is 20.5. The number of nitrogens with one attached hydrogen (secondary N) is 2. The Balaban J connectivity index is 1.33. The highest BCUT2D eigenvalue weighted by molar-refractivity contribution is 7.22. The van der Waals surface area contributed by atoms with Gasteiger partial charge < -0.3 is 10.6 Å². The molecule has 4 aromatic rings. The number of anilines is 1. The smallest absolute Gasteiger partial charge is 0.272 e. The Morgan fingerprint density at radius 2 is 2.10 bits per heavy atom. The van der Waals surface area contributed by atoms with Crippen LogP contribution in [0.25, 0.3) is 15.9 Å². The number of benzene rings is 1. The van der Waals surface area contributed by atoms with Gasteiger partial charge in [-0.05, 0) is 49.6 Å². The Morgan fingerprint density at radius 1 is 1.20 bits per heavy atom. The summed E-state index contributed by atoms with van der Waals surface area (Å²) in [6, 6.07) is 8.07. The zero-order valence-corrected chi connectivity index (χ0v) is 16.6. The lowest BCUT2D eigenvalue weighted by Gasteiger charge is -2.22. The van der Waals surface area contributed by atoms with Crippen LogP contribution in [0.1, 0.15) is 29.8 Å². The minimum absolute atomic E-state index is 0.0397. The molecule has 2 atom stereocenters. The predicted molar refractivity (Wildman–Crippen MR) is 111 cm³/mol. The SMILES string of the molecule is O=C(N[C@H]1CCC[C@@H]1Nc1nc2ccc(F)cc2s1)c1ncccc1-n1ccnn1. The van der Waals surface area contributed by atoms with Crippen molar-refractivity contribution in [1.82, 2.24) is 30.3 Å². The number of fused-ring (bicyclic) bond motifs is 1. The molecule has 0 spiro atoms. The molecule has 30 heavy (non-hydrogen) atoms. The molecule has 1 saturated carbocycles. The van der Waals surface area contributed by atoms with E-state index < -0.39 is 0 Å². The van der Waals surface area contributed by atoms with Gasteiger partial charge in [0.15, 0.2) is 10.8 Å². The van der Waals surface area contributed by atoms with E-state index in [0.717, 1.165) is 34.6 Å². The molecule has 1 aliphatic carbocycles. The molecule has 1 aromatic carbocycles. The van der Waals surface area contributed by atoms with Gasteiger partial charge in [-0.1, -0.05) is 16.6 Å². The fraction of sp³-hybridized carbons (Fsp3) is 0.250. The maximum absolute atomic E-state index is 13.4. The van der Waals surface area contributed by atoms with Gasteiger partial charge in [0.25, 0.3) is 5.91 Å². The number of carbonyl (C=O) groups excluding carboxylic acids is 1. The minimum atomic E-state index is -0.276. The topological polar surface area (TPSA) is 97.6 Å². The third-order valence-corrected chi connectivity index (χ3v) is 6.11. The van der Waals surface area contributed by atoms with Crippen molar-refractivity contribution >= 4 is 32.6 Å². The maximum Gasteiger partial charge on any atom is 0.272 e. The molecule has 0 bridgehead atoms. The van der Waals surface area contributed by atoms with Gasteiger partial charge in [0.05, 0.1) is 28.3 Å². The van der Waals surface area contributed by atoms with E-state index in [-0.39, 0.29) is 23.8 Å². The van der Waals surface area contributed by atoms with E-state index in [0.29, 0.717) is 11.4 Å². The molecule has 0 radical (unpaired) electrons. The van der Waals surface area contributed by atoms with Gasteiger partial charge >= 0.3 is 0 Å². The Labute approximate surface area is 175 Å². The average molecular weight is 423 g/mol. The molecule has 0 saturated heterocycles. The number of rotatable bonds is 5. The van der Waals surface area contributed by atoms with Crippen molar-refractivity contribution in [3.63, 3.8) is 0 Å². The van der Waals surface area contributed by atoms with Crippen LogP contribution >= 0.6 is 11.3 Å². The molecule has 10 heteroatoms. The molecule has 5 rings (SSSR count). The number of halogens is 1. The van der Waals surface area contributed by atoms with Crippen molar-refractivity contribution in [1.29, 1.82) is 0 Å². The van der Waals surface area contributed by atoms with E-state index in [2.05, 4.69) is 30.9 Å². The largest absolute Gasteiger partial charge is 0.357 e. The average Bonchev–Trinajstić information content (AvgIpc) is 3.49. The lowest BCUT2D eigenvalue weighted by molar-refractivity contribution is 0.0930. The van der Waals surface area contributed by atoms with Crippen LogP contribution in [0.5, 0.6) is 0 Å². The number of carbonyl (C=O) groups is 1. The Kier molecular flexibility index (Phi) is 4.83. The van der Waals surface area contributed by atoms with Gasteiger partial charge in [-0.2, -0.15) is 0 Å². The summed E-state index contributed by atoms with van der Waals surface area (Å²) in [5, 5.41) is 15.0. The molecule has 2 N–H and O–H groups in total. The Bertz CT molecular complexity index is 1190. The minimum Gasteiger partial charge on any atom is -0.357 e. The second-order valence-corrected chi connectivity index (χ2v) is 8.14. The molecule has 0 unspecified atom stereocenters. The first-order chi connectivity index (χ1) is 14.7. The highest BCUT2D eigenvalue weighted by Gasteiger charge is 2.30. The van der Waals surface area contributed by atoms with Crippen molar-refractivity contribution < 1.29 is 9.18 Å². The van der Waals surface area contributed by atoms with Gasteiger partial charge in [0.2, 0.25) is 0 Å². The number of thiazole rings is 1. The molecule has 8 nitrogen and oxygen atoms in total. The van der Waals surface area contributed by atoms with Crippen LogP contribution in [-0.4, -0.2) is 43.0 Å². The molecular weight excluding hydrogens is 405 g/mol. The summed E-state index contributed by atoms with van der Waals surface area (Å²) in [6.45, 7) is 0. The van der Waals surface area contributed by atoms with E-state index >= 15 is 0 Å². The van der Waals surface area contributed by atoms with Crippen LogP contribution in [0.3, 0.4) is 0 Å². The number of hydrogen-bond donors (Lipinski definition) is 2. The van der Waals surface area contributed by atoms with Gasteiger partial charge in [0, 0.05) is 18.3 Å². The fourth-order valence-corrected chi connectivity index (χ4v) is 4.71. The van der Waals surface area contributed by atoms with Gasteiger partial charge in [-0.15, -0.1) is 5.10 Å². The van der Waals surface area contributed by atoms with Crippen LogP contribution in [0.2, 0.25) is 0 Å². The molecule has 3 aromatic heterocycles. The number of hydrogen-bond acceptors (Lipinski definition) is 7. The first-order valence-corrected chi connectivity index (χ1v) is 10.4. The predicted octanol–water partition coefficient (Wildman–Crippen LogP) is 3.17. The number of pyridine rings is 1. The third-order valence-electron chi connectivity index (χ3n) is 5.16. The van der Waals surface area contributed by atoms with Crippen LogP contribution in [0, 0.1) is 5.82 Å². The van der Waals surface area contributed by atoms with Crippen molar-refractivity contribution in [3.05, 3.63) is 60.4 Å². The van der Waals surface area contributed by atoms with Gasteiger partial charge in [-0.25, -0.2) is 19.0 Å². The first kappa shape index (κ1) is 18.6. The normalized spacial score (nSPS) is 18.6. The van der Waals surface area contributed by atoms with E-state index in [4.69, 9.17) is 0 Å². The van der Waals surface area contributed by atoms with Crippen molar-refractivity contribution in [2.75, 3.05) is 5.32 Å². The summed E-state index contributed by atoms with van der Waals surface area (Å²) in [6.07, 6.45) is 7.56. The lowest BCUT2D eigenvalue weighted by atomic mass is 10.1. The molecule has 3 heterocycles. The standard InChI is InChI=1S/C20H18FN7OS/c21-12-6-7-15-17(11-12)30-20(26-15)25-14-4-1-3-13(14)24-19(29)18-16(5-2-8-22-18)28-10-9-23-27-28/h2,5-11,13-14H,1,3-4H2,(H,24,29)(H,25,26)/t13-,14-/m0/s1. The highest BCUT2D eigenvalue weighted by Crippen LogP contribution is 2.30. The quantitative estimate of drug-likeness (QED) is 0.512. The third kappa shape index (κ3) is 3.61. The number of aromatic nitrogens is 5. The molecule has 0 aliphatic heterocycles. The number of amides is 1. The zero-order valence-electron chi connectivity index (χ0n) is 15.8. The van der Waals surface area contributed by atoms with E-state index in [1.54, 1.807) is 36.8 Å².